The van der Waals surface area contributed by atoms with Crippen LogP contribution in [0, 0.1) is 0 Å². The standard InChI is InChI=1S/C21H24N2O4/c1-26-17-9-7-16(8-10-17)20-21(25)22-12-13-23(20)19(24)11-6-15-4-3-5-18(14-15)27-2/h3-5,7-10,14,20H,6,11-13H2,1-2H3,(H,22,25). The van der Waals surface area contributed by atoms with E-state index in [0.717, 1.165) is 16.9 Å². The van der Waals surface area contributed by atoms with Gasteiger partial charge in [-0.2, -0.15) is 0 Å². The number of carbonyl (C=O) groups excluding carboxylic acids is 2. The molecule has 0 aliphatic carbocycles. The molecule has 27 heavy (non-hydrogen) atoms. The second-order valence-electron chi connectivity index (χ2n) is 6.41. The van der Waals surface area contributed by atoms with Gasteiger partial charge >= 0.3 is 0 Å². The molecule has 1 fully saturated rings. The third kappa shape index (κ3) is 4.39. The first-order valence-electron chi connectivity index (χ1n) is 8.96. The molecule has 2 aromatic rings. The highest BCUT2D eigenvalue weighted by Gasteiger charge is 2.33. The number of benzene rings is 2. The number of methoxy groups -OCH3 is 2. The van der Waals surface area contributed by atoms with E-state index in [0.29, 0.717) is 31.7 Å². The first kappa shape index (κ1) is 18.8. The molecule has 1 heterocycles. The molecule has 0 saturated carbocycles. The van der Waals surface area contributed by atoms with E-state index in [4.69, 9.17) is 9.47 Å². The van der Waals surface area contributed by atoms with Gasteiger partial charge in [0.25, 0.3) is 0 Å². The molecule has 6 heteroatoms. The predicted octanol–water partition coefficient (Wildman–Crippen LogP) is 2.34. The molecule has 1 aliphatic heterocycles. The minimum Gasteiger partial charge on any atom is -0.497 e. The Bertz CT molecular complexity index is 804. The van der Waals surface area contributed by atoms with Crippen LogP contribution < -0.4 is 14.8 Å². The molecule has 6 nitrogen and oxygen atoms in total. The summed E-state index contributed by atoms with van der Waals surface area (Å²) >= 11 is 0. The zero-order valence-corrected chi connectivity index (χ0v) is 15.6. The van der Waals surface area contributed by atoms with Crippen LogP contribution in [0.3, 0.4) is 0 Å². The Morgan fingerprint density at radius 3 is 2.56 bits per heavy atom. The molecule has 0 spiro atoms. The number of hydrogen-bond acceptors (Lipinski definition) is 4. The lowest BCUT2D eigenvalue weighted by Gasteiger charge is -2.35. The van der Waals surface area contributed by atoms with E-state index in [-0.39, 0.29) is 11.8 Å². The third-order valence-electron chi connectivity index (χ3n) is 4.73. The van der Waals surface area contributed by atoms with E-state index in [1.807, 2.05) is 36.4 Å². The predicted molar refractivity (Wildman–Crippen MR) is 102 cm³/mol. The normalized spacial score (nSPS) is 16.6. The molecule has 2 amide bonds. The van der Waals surface area contributed by atoms with Gasteiger partial charge in [-0.25, -0.2) is 0 Å². The van der Waals surface area contributed by atoms with Crippen molar-refractivity contribution in [3.05, 3.63) is 59.7 Å². The van der Waals surface area contributed by atoms with Gasteiger partial charge in [0.05, 0.1) is 14.2 Å². The smallest absolute Gasteiger partial charge is 0.247 e. The van der Waals surface area contributed by atoms with Crippen LogP contribution in [0.15, 0.2) is 48.5 Å². The molecule has 1 saturated heterocycles. The molecule has 2 aromatic carbocycles. The summed E-state index contributed by atoms with van der Waals surface area (Å²) in [5.41, 5.74) is 1.81. The summed E-state index contributed by atoms with van der Waals surface area (Å²) < 4.78 is 10.4. The number of carbonyl (C=O) groups is 2. The maximum Gasteiger partial charge on any atom is 0.247 e. The van der Waals surface area contributed by atoms with Crippen molar-refractivity contribution in [3.63, 3.8) is 0 Å². The Morgan fingerprint density at radius 1 is 1.11 bits per heavy atom. The summed E-state index contributed by atoms with van der Waals surface area (Å²) in [5.74, 6) is 1.30. The summed E-state index contributed by atoms with van der Waals surface area (Å²) in [6.07, 6.45) is 0.941. The number of nitrogens with one attached hydrogen (secondary N) is 1. The average molecular weight is 368 g/mol. The summed E-state index contributed by atoms with van der Waals surface area (Å²) in [7, 11) is 3.22. The van der Waals surface area contributed by atoms with Gasteiger partial charge in [0.15, 0.2) is 0 Å². The maximum atomic E-state index is 12.9. The van der Waals surface area contributed by atoms with Gasteiger partial charge in [-0.1, -0.05) is 24.3 Å². The van der Waals surface area contributed by atoms with E-state index < -0.39 is 6.04 Å². The van der Waals surface area contributed by atoms with Crippen molar-refractivity contribution < 1.29 is 19.1 Å². The van der Waals surface area contributed by atoms with E-state index in [2.05, 4.69) is 5.32 Å². The molecule has 1 N–H and O–H groups in total. The lowest BCUT2D eigenvalue weighted by Crippen LogP contribution is -2.52. The average Bonchev–Trinajstić information content (AvgIpc) is 2.72. The highest BCUT2D eigenvalue weighted by atomic mass is 16.5. The van der Waals surface area contributed by atoms with Crippen LogP contribution in [-0.4, -0.2) is 44.0 Å². The van der Waals surface area contributed by atoms with Gasteiger partial charge in [-0.15, -0.1) is 0 Å². The molecular weight excluding hydrogens is 344 g/mol. The Hall–Kier alpha value is -3.02. The Labute approximate surface area is 159 Å². The minimum atomic E-state index is -0.609. The number of ether oxygens (including phenoxy) is 2. The number of hydrogen-bond donors (Lipinski definition) is 1. The van der Waals surface area contributed by atoms with Crippen molar-refractivity contribution in [1.82, 2.24) is 10.2 Å². The van der Waals surface area contributed by atoms with Crippen molar-refractivity contribution in [1.29, 1.82) is 0 Å². The summed E-state index contributed by atoms with van der Waals surface area (Å²) in [6.45, 7) is 0.968. The topological polar surface area (TPSA) is 67.9 Å². The lowest BCUT2D eigenvalue weighted by atomic mass is 10.0. The molecule has 0 bridgehead atoms. The fraction of sp³-hybridized carbons (Fsp3) is 0.333. The largest absolute Gasteiger partial charge is 0.497 e. The lowest BCUT2D eigenvalue weighted by molar-refractivity contribution is -0.143. The number of piperazine rings is 1. The van der Waals surface area contributed by atoms with Crippen molar-refractivity contribution in [2.45, 2.75) is 18.9 Å². The third-order valence-corrected chi connectivity index (χ3v) is 4.73. The molecule has 142 valence electrons. The fourth-order valence-corrected chi connectivity index (χ4v) is 3.28. The zero-order chi connectivity index (χ0) is 19.2. The second-order valence-corrected chi connectivity index (χ2v) is 6.41. The van der Waals surface area contributed by atoms with Gasteiger partial charge in [0, 0.05) is 19.5 Å². The van der Waals surface area contributed by atoms with Crippen LogP contribution in [0.25, 0.3) is 0 Å². The van der Waals surface area contributed by atoms with E-state index >= 15 is 0 Å². The van der Waals surface area contributed by atoms with Gasteiger partial charge in [-0.3, -0.25) is 9.59 Å². The number of rotatable bonds is 6. The van der Waals surface area contributed by atoms with Gasteiger partial charge in [0.2, 0.25) is 11.8 Å². The van der Waals surface area contributed by atoms with Gasteiger partial charge in [-0.05, 0) is 41.8 Å². The zero-order valence-electron chi connectivity index (χ0n) is 15.6. The molecule has 3 rings (SSSR count). The SMILES string of the molecule is COc1ccc(C2C(=O)NCCN2C(=O)CCc2cccc(OC)c2)cc1. The number of amides is 2. The summed E-state index contributed by atoms with van der Waals surface area (Å²) in [4.78, 5) is 27.0. The minimum absolute atomic E-state index is 0.0338. The monoisotopic (exact) mass is 368 g/mol. The second kappa shape index (κ2) is 8.58. The quantitative estimate of drug-likeness (QED) is 0.850. The van der Waals surface area contributed by atoms with E-state index in [1.54, 1.807) is 31.3 Å². The van der Waals surface area contributed by atoms with Crippen LogP contribution in [0.4, 0.5) is 0 Å². The Balaban J connectivity index is 1.73. The number of aryl methyl sites for hydroxylation is 1. The molecule has 0 radical (unpaired) electrons. The van der Waals surface area contributed by atoms with Crippen LogP contribution >= 0.6 is 0 Å². The molecular formula is C21H24N2O4. The van der Waals surface area contributed by atoms with Gasteiger partial charge < -0.3 is 19.7 Å². The van der Waals surface area contributed by atoms with Crippen molar-refractivity contribution in [2.24, 2.45) is 0 Å². The van der Waals surface area contributed by atoms with Crippen molar-refractivity contribution in [2.75, 3.05) is 27.3 Å². The van der Waals surface area contributed by atoms with Crippen molar-refractivity contribution >= 4 is 11.8 Å². The first-order valence-corrected chi connectivity index (χ1v) is 8.96. The highest BCUT2D eigenvalue weighted by Crippen LogP contribution is 2.26. The highest BCUT2D eigenvalue weighted by molar-refractivity contribution is 5.89. The van der Waals surface area contributed by atoms with Crippen molar-refractivity contribution in [3.8, 4) is 11.5 Å². The molecule has 1 aliphatic rings. The van der Waals surface area contributed by atoms with Crippen LogP contribution in [0.1, 0.15) is 23.6 Å². The fourth-order valence-electron chi connectivity index (χ4n) is 3.28. The van der Waals surface area contributed by atoms with Crippen LogP contribution in [-0.2, 0) is 16.0 Å². The van der Waals surface area contributed by atoms with Gasteiger partial charge in [0.1, 0.15) is 17.5 Å². The maximum absolute atomic E-state index is 12.9. The summed E-state index contributed by atoms with van der Waals surface area (Å²) in [5, 5.41) is 2.85. The van der Waals surface area contributed by atoms with Crippen LogP contribution in [0.5, 0.6) is 11.5 Å². The summed E-state index contributed by atoms with van der Waals surface area (Å²) in [6, 6.07) is 14.3. The Kier molecular flexibility index (Phi) is 5.96. The first-order chi connectivity index (χ1) is 13.1. The molecule has 0 aromatic heterocycles. The number of nitrogens with zero attached hydrogens (tertiary/aromatic N) is 1. The molecule has 1 unspecified atom stereocenters. The van der Waals surface area contributed by atoms with Crippen LogP contribution in [0.2, 0.25) is 0 Å². The van der Waals surface area contributed by atoms with E-state index in [9.17, 15) is 9.59 Å². The Morgan fingerprint density at radius 2 is 1.85 bits per heavy atom. The molecule has 1 atom stereocenters. The van der Waals surface area contributed by atoms with E-state index in [1.165, 1.54) is 0 Å².